The number of para-hydroxylation sites is 1. The number of anilines is 2. The number of aromatic hydroxyl groups is 1. The Bertz CT molecular complexity index is 1490. The molecule has 4 aromatic carbocycles. The number of amides is 3. The lowest BCUT2D eigenvalue weighted by Crippen LogP contribution is -2.45. The van der Waals surface area contributed by atoms with Gasteiger partial charge < -0.3 is 30.5 Å². The molecule has 0 aromatic heterocycles. The van der Waals surface area contributed by atoms with E-state index in [0.717, 1.165) is 5.56 Å². The van der Waals surface area contributed by atoms with Crippen LogP contribution in [0.5, 0.6) is 17.2 Å². The second-order valence-corrected chi connectivity index (χ2v) is 8.85. The van der Waals surface area contributed by atoms with E-state index in [2.05, 4.69) is 16.0 Å². The molecule has 0 aliphatic heterocycles. The minimum Gasteiger partial charge on any atom is -0.508 e. The van der Waals surface area contributed by atoms with Crippen molar-refractivity contribution in [2.75, 3.05) is 24.9 Å². The van der Waals surface area contributed by atoms with Gasteiger partial charge in [-0.2, -0.15) is 0 Å². The molecule has 4 N–H and O–H groups in total. The van der Waals surface area contributed by atoms with Crippen molar-refractivity contribution in [3.63, 3.8) is 0 Å². The summed E-state index contributed by atoms with van der Waals surface area (Å²) in [6, 6.07) is 25.4. The molecule has 1 atom stereocenters. The monoisotopic (exact) mass is 539 g/mol. The van der Waals surface area contributed by atoms with Crippen LogP contribution in [0.15, 0.2) is 97.1 Å². The molecule has 0 heterocycles. The summed E-state index contributed by atoms with van der Waals surface area (Å²) in [5.41, 5.74) is 2.09. The van der Waals surface area contributed by atoms with Gasteiger partial charge in [0, 0.05) is 23.7 Å². The first-order chi connectivity index (χ1) is 19.4. The average molecular weight is 540 g/mol. The molecule has 0 unspecified atom stereocenters. The third-order valence-electron chi connectivity index (χ3n) is 6.11. The second kappa shape index (κ2) is 13.0. The van der Waals surface area contributed by atoms with Crippen molar-refractivity contribution in [3.05, 3.63) is 114 Å². The van der Waals surface area contributed by atoms with Gasteiger partial charge in [0.1, 0.15) is 23.3 Å². The number of hydrogen-bond acceptors (Lipinski definition) is 6. The molecule has 0 fully saturated rings. The Hall–Kier alpha value is -5.31. The summed E-state index contributed by atoms with van der Waals surface area (Å²) in [6.07, 6.45) is 0.155. The van der Waals surface area contributed by atoms with E-state index in [9.17, 15) is 19.5 Å². The van der Waals surface area contributed by atoms with Crippen molar-refractivity contribution in [3.8, 4) is 17.2 Å². The SMILES string of the molecule is COc1ccc(C(=O)Nc2ccccc2C(=O)N[C@H](Cc2ccc(O)cc2)C(=O)Nc2cccc(OC)c2)cc1. The zero-order chi connectivity index (χ0) is 28.5. The molecule has 0 saturated heterocycles. The lowest BCUT2D eigenvalue weighted by molar-refractivity contribution is -0.118. The summed E-state index contributed by atoms with van der Waals surface area (Å²) >= 11 is 0. The van der Waals surface area contributed by atoms with Gasteiger partial charge in [0.05, 0.1) is 25.5 Å². The fourth-order valence-corrected chi connectivity index (χ4v) is 3.97. The molecule has 204 valence electrons. The van der Waals surface area contributed by atoms with Crippen molar-refractivity contribution in [2.45, 2.75) is 12.5 Å². The van der Waals surface area contributed by atoms with E-state index in [-0.39, 0.29) is 23.4 Å². The van der Waals surface area contributed by atoms with Crippen LogP contribution in [0.1, 0.15) is 26.3 Å². The summed E-state index contributed by atoms with van der Waals surface area (Å²) < 4.78 is 10.4. The average Bonchev–Trinajstić information content (AvgIpc) is 2.98. The van der Waals surface area contributed by atoms with Crippen molar-refractivity contribution >= 4 is 29.1 Å². The van der Waals surface area contributed by atoms with E-state index < -0.39 is 23.8 Å². The number of phenols is 1. The summed E-state index contributed by atoms with van der Waals surface area (Å²) in [7, 11) is 3.06. The van der Waals surface area contributed by atoms with Crippen LogP contribution >= 0.6 is 0 Å². The quantitative estimate of drug-likeness (QED) is 0.233. The largest absolute Gasteiger partial charge is 0.508 e. The molecular formula is C31H29N3O6. The van der Waals surface area contributed by atoms with Crippen molar-refractivity contribution in [2.24, 2.45) is 0 Å². The first kappa shape index (κ1) is 27.7. The van der Waals surface area contributed by atoms with E-state index in [4.69, 9.17) is 9.47 Å². The van der Waals surface area contributed by atoms with Crippen LogP contribution in [0.4, 0.5) is 11.4 Å². The summed E-state index contributed by atoms with van der Waals surface area (Å²) in [5.74, 6) is -0.127. The van der Waals surface area contributed by atoms with Gasteiger partial charge in [-0.05, 0) is 66.2 Å². The molecule has 4 aromatic rings. The lowest BCUT2D eigenvalue weighted by Gasteiger charge is -2.20. The van der Waals surface area contributed by atoms with E-state index >= 15 is 0 Å². The molecule has 4 rings (SSSR count). The number of hydrogen-bond donors (Lipinski definition) is 4. The predicted molar refractivity (Wildman–Crippen MR) is 152 cm³/mol. The van der Waals surface area contributed by atoms with Crippen LogP contribution in [0, 0.1) is 0 Å². The van der Waals surface area contributed by atoms with Gasteiger partial charge in [0.15, 0.2) is 0 Å². The van der Waals surface area contributed by atoms with Crippen molar-refractivity contribution < 1.29 is 29.0 Å². The molecule has 40 heavy (non-hydrogen) atoms. The molecule has 0 bridgehead atoms. The Kier molecular flexibility index (Phi) is 8.99. The van der Waals surface area contributed by atoms with Crippen LogP contribution in [-0.2, 0) is 11.2 Å². The molecule has 0 aliphatic rings. The minimum atomic E-state index is -0.978. The fourth-order valence-electron chi connectivity index (χ4n) is 3.97. The molecule has 9 heteroatoms. The maximum absolute atomic E-state index is 13.5. The number of carbonyl (C=O) groups excluding carboxylic acids is 3. The van der Waals surface area contributed by atoms with Crippen LogP contribution in [0.3, 0.4) is 0 Å². The van der Waals surface area contributed by atoms with Gasteiger partial charge >= 0.3 is 0 Å². The molecule has 0 aliphatic carbocycles. The summed E-state index contributed by atoms with van der Waals surface area (Å²) in [4.78, 5) is 39.7. The Labute approximate surface area is 231 Å². The second-order valence-electron chi connectivity index (χ2n) is 8.85. The third-order valence-corrected chi connectivity index (χ3v) is 6.11. The maximum Gasteiger partial charge on any atom is 0.255 e. The number of phenolic OH excluding ortho intramolecular Hbond substituents is 1. The number of ether oxygens (including phenoxy) is 2. The number of rotatable bonds is 10. The zero-order valence-corrected chi connectivity index (χ0v) is 22.0. The first-order valence-electron chi connectivity index (χ1n) is 12.4. The summed E-state index contributed by atoms with van der Waals surface area (Å²) in [6.45, 7) is 0. The maximum atomic E-state index is 13.5. The van der Waals surface area contributed by atoms with Gasteiger partial charge in [-0.1, -0.05) is 30.3 Å². The summed E-state index contributed by atoms with van der Waals surface area (Å²) in [5, 5.41) is 18.0. The smallest absolute Gasteiger partial charge is 0.255 e. The van der Waals surface area contributed by atoms with E-state index in [1.165, 1.54) is 26.4 Å². The molecule has 0 spiro atoms. The Morgan fingerprint density at radius 1 is 0.750 bits per heavy atom. The highest BCUT2D eigenvalue weighted by atomic mass is 16.5. The Morgan fingerprint density at radius 3 is 2.15 bits per heavy atom. The molecule has 9 nitrogen and oxygen atoms in total. The van der Waals surface area contributed by atoms with Crippen LogP contribution in [-0.4, -0.2) is 43.1 Å². The molecule has 3 amide bonds. The topological polar surface area (TPSA) is 126 Å². The standard InChI is InChI=1S/C31H29N3O6/c1-39-24-16-12-21(13-17-24)29(36)33-27-9-4-3-8-26(27)30(37)34-28(18-20-10-14-23(35)15-11-20)31(38)32-22-6-5-7-25(19-22)40-2/h3-17,19,28,35H,18H2,1-2H3,(H,32,38)(H,33,36)(H,34,37)/t28-/m1/s1. The van der Waals surface area contributed by atoms with E-state index in [0.29, 0.717) is 22.7 Å². The van der Waals surface area contributed by atoms with Crippen molar-refractivity contribution in [1.82, 2.24) is 5.32 Å². The van der Waals surface area contributed by atoms with Gasteiger partial charge in [-0.3, -0.25) is 14.4 Å². The van der Waals surface area contributed by atoms with Crippen molar-refractivity contribution in [1.29, 1.82) is 0 Å². The number of carbonyl (C=O) groups is 3. The molecule has 0 saturated carbocycles. The zero-order valence-electron chi connectivity index (χ0n) is 22.0. The minimum absolute atomic E-state index is 0.0895. The van der Waals surface area contributed by atoms with Gasteiger partial charge in [0.2, 0.25) is 5.91 Å². The van der Waals surface area contributed by atoms with Gasteiger partial charge in [0.25, 0.3) is 11.8 Å². The van der Waals surface area contributed by atoms with Crippen LogP contribution in [0.2, 0.25) is 0 Å². The van der Waals surface area contributed by atoms with Gasteiger partial charge in [-0.25, -0.2) is 0 Å². The highest BCUT2D eigenvalue weighted by Gasteiger charge is 2.24. The van der Waals surface area contributed by atoms with E-state index in [1.54, 1.807) is 84.9 Å². The molecular weight excluding hydrogens is 510 g/mol. The highest BCUT2D eigenvalue weighted by molar-refractivity contribution is 6.10. The highest BCUT2D eigenvalue weighted by Crippen LogP contribution is 2.20. The third kappa shape index (κ3) is 7.16. The number of nitrogens with one attached hydrogen (secondary N) is 3. The number of benzene rings is 4. The van der Waals surface area contributed by atoms with Gasteiger partial charge in [-0.15, -0.1) is 0 Å². The normalized spacial score (nSPS) is 11.2. The number of methoxy groups -OCH3 is 2. The fraction of sp³-hybridized carbons (Fsp3) is 0.129. The lowest BCUT2D eigenvalue weighted by atomic mass is 10.0. The first-order valence-corrected chi connectivity index (χ1v) is 12.4. The van der Waals surface area contributed by atoms with Crippen LogP contribution < -0.4 is 25.4 Å². The Morgan fingerprint density at radius 2 is 1.45 bits per heavy atom. The Balaban J connectivity index is 1.55. The predicted octanol–water partition coefficient (Wildman–Crippen LogP) is 4.64. The van der Waals surface area contributed by atoms with E-state index in [1.807, 2.05) is 0 Å². The molecule has 0 radical (unpaired) electrons. The van der Waals surface area contributed by atoms with Crippen LogP contribution in [0.25, 0.3) is 0 Å².